The van der Waals surface area contributed by atoms with Gasteiger partial charge in [-0.1, -0.05) is 43.2 Å². The topological polar surface area (TPSA) is 82.8 Å². The Morgan fingerprint density at radius 3 is 2.67 bits per heavy atom. The molecule has 1 aromatic rings. The van der Waals surface area contributed by atoms with Gasteiger partial charge < -0.3 is 21.3 Å². The molecule has 2 unspecified atom stereocenters. The highest BCUT2D eigenvalue weighted by Gasteiger charge is 2.35. The molecule has 2 aliphatic rings. The van der Waals surface area contributed by atoms with E-state index in [-0.39, 0.29) is 11.4 Å². The van der Waals surface area contributed by atoms with Crippen molar-refractivity contribution in [1.29, 1.82) is 0 Å². The van der Waals surface area contributed by atoms with Gasteiger partial charge in [-0.05, 0) is 51.0 Å². The fraction of sp³-hybridized carbons (Fsp3) is 0.667. The highest BCUT2D eigenvalue weighted by Crippen LogP contribution is 2.33. The molecule has 1 aliphatic heterocycles. The summed E-state index contributed by atoms with van der Waals surface area (Å²) in [5.74, 6) is 1.11. The lowest BCUT2D eigenvalue weighted by molar-refractivity contribution is -0.119. The standard InChI is InChI=1S/C24H39N5O/c1-3-26-23(29-15-9-10-20(17-29)16-22(25)30)27-18-24(13-7-8-14-24)28-19(2)21-11-5-4-6-12-21/h4-6,11-12,19-20,28H,3,7-10,13-18H2,1-2H3,(H2,25,30)(H,26,27). The van der Waals surface area contributed by atoms with E-state index in [1.54, 1.807) is 0 Å². The smallest absolute Gasteiger partial charge is 0.217 e. The summed E-state index contributed by atoms with van der Waals surface area (Å²) in [5, 5.41) is 7.41. The van der Waals surface area contributed by atoms with Crippen LogP contribution in [0.3, 0.4) is 0 Å². The van der Waals surface area contributed by atoms with Crippen molar-refractivity contribution >= 4 is 11.9 Å². The lowest BCUT2D eigenvalue weighted by atomic mass is 9.94. The van der Waals surface area contributed by atoms with Gasteiger partial charge in [0.05, 0.1) is 6.54 Å². The number of aliphatic imine (C=N–C) groups is 1. The zero-order chi connectivity index (χ0) is 21.4. The molecule has 30 heavy (non-hydrogen) atoms. The second kappa shape index (κ2) is 10.8. The maximum atomic E-state index is 11.4. The highest BCUT2D eigenvalue weighted by atomic mass is 16.1. The van der Waals surface area contributed by atoms with Crippen molar-refractivity contribution in [2.75, 3.05) is 26.2 Å². The largest absolute Gasteiger partial charge is 0.370 e. The number of piperidine rings is 1. The van der Waals surface area contributed by atoms with Crippen LogP contribution in [0.4, 0.5) is 0 Å². The Bertz CT molecular complexity index is 699. The molecule has 0 aromatic heterocycles. The average Bonchev–Trinajstić information content (AvgIpc) is 3.20. The van der Waals surface area contributed by atoms with E-state index in [4.69, 9.17) is 10.7 Å². The Balaban J connectivity index is 1.70. The molecule has 2 fully saturated rings. The first kappa shape index (κ1) is 22.6. The molecule has 0 bridgehead atoms. The maximum absolute atomic E-state index is 11.4. The van der Waals surface area contributed by atoms with Crippen LogP contribution in [0.15, 0.2) is 35.3 Å². The third-order valence-corrected chi connectivity index (χ3v) is 6.56. The molecule has 0 spiro atoms. The Morgan fingerprint density at radius 1 is 1.27 bits per heavy atom. The molecule has 166 valence electrons. The number of nitrogens with zero attached hydrogens (tertiary/aromatic N) is 2. The number of nitrogens with two attached hydrogens (primary N) is 1. The van der Waals surface area contributed by atoms with Gasteiger partial charge in [-0.2, -0.15) is 0 Å². The molecule has 1 saturated carbocycles. The Kier molecular flexibility index (Phi) is 8.14. The normalized spacial score (nSPS) is 22.7. The van der Waals surface area contributed by atoms with E-state index in [2.05, 4.69) is 59.7 Å². The summed E-state index contributed by atoms with van der Waals surface area (Å²) in [4.78, 5) is 18.8. The minimum atomic E-state index is -0.201. The van der Waals surface area contributed by atoms with Gasteiger partial charge in [0, 0.05) is 37.6 Å². The van der Waals surface area contributed by atoms with Crippen LogP contribution < -0.4 is 16.4 Å². The fourth-order valence-corrected chi connectivity index (χ4v) is 5.04. The summed E-state index contributed by atoms with van der Waals surface area (Å²) in [7, 11) is 0. The van der Waals surface area contributed by atoms with Crippen molar-refractivity contribution in [3.05, 3.63) is 35.9 Å². The van der Waals surface area contributed by atoms with Crippen molar-refractivity contribution in [2.45, 2.75) is 70.4 Å². The summed E-state index contributed by atoms with van der Waals surface area (Å²) in [5.41, 5.74) is 6.82. The minimum absolute atomic E-state index is 0.0539. The molecule has 1 saturated heterocycles. The lowest BCUT2D eigenvalue weighted by Crippen LogP contribution is -2.50. The number of hydrogen-bond acceptors (Lipinski definition) is 3. The van der Waals surface area contributed by atoms with E-state index in [0.29, 0.717) is 18.4 Å². The number of nitrogens with one attached hydrogen (secondary N) is 2. The molecule has 1 amide bonds. The van der Waals surface area contributed by atoms with Crippen LogP contribution in [0, 0.1) is 5.92 Å². The zero-order valence-corrected chi connectivity index (χ0v) is 18.7. The first-order valence-electron chi connectivity index (χ1n) is 11.7. The predicted octanol–water partition coefficient (Wildman–Crippen LogP) is 3.20. The van der Waals surface area contributed by atoms with Crippen LogP contribution in [-0.2, 0) is 4.79 Å². The van der Waals surface area contributed by atoms with Crippen molar-refractivity contribution in [2.24, 2.45) is 16.6 Å². The first-order valence-corrected chi connectivity index (χ1v) is 11.7. The molecule has 1 aliphatic carbocycles. The first-order chi connectivity index (χ1) is 14.5. The minimum Gasteiger partial charge on any atom is -0.370 e. The number of primary amides is 1. The molecule has 4 N–H and O–H groups in total. The van der Waals surface area contributed by atoms with Crippen LogP contribution in [0.5, 0.6) is 0 Å². The van der Waals surface area contributed by atoms with Gasteiger partial charge in [0.1, 0.15) is 0 Å². The number of benzene rings is 1. The van der Waals surface area contributed by atoms with Gasteiger partial charge in [0.25, 0.3) is 0 Å². The van der Waals surface area contributed by atoms with Crippen LogP contribution in [0.1, 0.15) is 70.4 Å². The van der Waals surface area contributed by atoms with E-state index < -0.39 is 0 Å². The fourth-order valence-electron chi connectivity index (χ4n) is 5.04. The predicted molar refractivity (Wildman–Crippen MR) is 123 cm³/mol. The lowest BCUT2D eigenvalue weighted by Gasteiger charge is -2.36. The molecule has 3 rings (SSSR count). The van der Waals surface area contributed by atoms with Crippen LogP contribution in [0.2, 0.25) is 0 Å². The second-order valence-corrected chi connectivity index (χ2v) is 9.06. The number of guanidine groups is 1. The van der Waals surface area contributed by atoms with Crippen LogP contribution in [0.25, 0.3) is 0 Å². The van der Waals surface area contributed by atoms with Gasteiger partial charge in [-0.3, -0.25) is 9.79 Å². The summed E-state index contributed by atoms with van der Waals surface area (Å²) in [6, 6.07) is 11.0. The number of amides is 1. The Labute approximate surface area is 181 Å². The van der Waals surface area contributed by atoms with Crippen LogP contribution in [-0.4, -0.2) is 48.5 Å². The quantitative estimate of drug-likeness (QED) is 0.451. The second-order valence-electron chi connectivity index (χ2n) is 9.06. The van der Waals surface area contributed by atoms with Gasteiger partial charge in [-0.15, -0.1) is 0 Å². The average molecular weight is 414 g/mol. The number of hydrogen-bond donors (Lipinski definition) is 3. The molecule has 2 atom stereocenters. The molecular formula is C24H39N5O. The number of carbonyl (C=O) groups excluding carboxylic acids is 1. The summed E-state index contributed by atoms with van der Waals surface area (Å²) in [6.07, 6.45) is 7.45. The maximum Gasteiger partial charge on any atom is 0.217 e. The Morgan fingerprint density at radius 2 is 2.00 bits per heavy atom. The van der Waals surface area contributed by atoms with Crippen molar-refractivity contribution in [1.82, 2.24) is 15.5 Å². The zero-order valence-electron chi connectivity index (χ0n) is 18.7. The highest BCUT2D eigenvalue weighted by molar-refractivity contribution is 5.80. The molecule has 6 heteroatoms. The molecular weight excluding hydrogens is 374 g/mol. The van der Waals surface area contributed by atoms with Crippen molar-refractivity contribution < 1.29 is 4.79 Å². The van der Waals surface area contributed by atoms with Crippen molar-refractivity contribution in [3.8, 4) is 0 Å². The van der Waals surface area contributed by atoms with Gasteiger partial charge in [0.2, 0.25) is 5.91 Å². The van der Waals surface area contributed by atoms with E-state index in [1.165, 1.54) is 18.4 Å². The van der Waals surface area contributed by atoms with E-state index in [1.807, 2.05) is 0 Å². The van der Waals surface area contributed by atoms with Gasteiger partial charge in [0.15, 0.2) is 5.96 Å². The third kappa shape index (κ3) is 6.21. The van der Waals surface area contributed by atoms with Crippen molar-refractivity contribution in [3.63, 3.8) is 0 Å². The van der Waals surface area contributed by atoms with E-state index >= 15 is 0 Å². The number of carbonyl (C=O) groups is 1. The molecule has 0 radical (unpaired) electrons. The van der Waals surface area contributed by atoms with Gasteiger partial charge in [-0.25, -0.2) is 0 Å². The Hall–Kier alpha value is -2.08. The monoisotopic (exact) mass is 413 g/mol. The summed E-state index contributed by atoms with van der Waals surface area (Å²) < 4.78 is 0. The molecule has 1 heterocycles. The van der Waals surface area contributed by atoms with Crippen LogP contribution >= 0.6 is 0 Å². The van der Waals surface area contributed by atoms with E-state index in [9.17, 15) is 4.79 Å². The molecule has 1 aromatic carbocycles. The summed E-state index contributed by atoms with van der Waals surface area (Å²) in [6.45, 7) is 7.84. The SMILES string of the molecule is CCNC(=NCC1(NC(C)c2ccccc2)CCCC1)N1CCCC(CC(N)=O)C1. The molecule has 6 nitrogen and oxygen atoms in total. The van der Waals surface area contributed by atoms with E-state index in [0.717, 1.165) is 57.8 Å². The number of rotatable bonds is 8. The number of likely N-dealkylation sites (tertiary alicyclic amines) is 1. The van der Waals surface area contributed by atoms with Gasteiger partial charge >= 0.3 is 0 Å². The summed E-state index contributed by atoms with van der Waals surface area (Å²) >= 11 is 0. The third-order valence-electron chi connectivity index (χ3n) is 6.56.